The normalized spacial score (nSPS) is 18.3. The highest BCUT2D eigenvalue weighted by molar-refractivity contribution is 5.16. The van der Waals surface area contributed by atoms with Crippen LogP contribution in [0.3, 0.4) is 0 Å². The molecule has 14 heavy (non-hydrogen) atoms. The molecular weight excluding hydrogens is 174 g/mol. The zero-order valence-corrected chi connectivity index (χ0v) is 8.36. The first kappa shape index (κ1) is 9.69. The SMILES string of the molecule is [CH](Cc1ccccc1)N1CCOCC1. The summed E-state index contributed by atoms with van der Waals surface area (Å²) in [4.78, 5) is 2.34. The topological polar surface area (TPSA) is 12.5 Å². The predicted molar refractivity (Wildman–Crippen MR) is 56.8 cm³/mol. The van der Waals surface area contributed by atoms with Crippen LogP contribution in [0.25, 0.3) is 0 Å². The number of benzene rings is 1. The molecule has 0 atom stereocenters. The van der Waals surface area contributed by atoms with Crippen LogP contribution in [0.15, 0.2) is 30.3 Å². The fourth-order valence-corrected chi connectivity index (χ4v) is 1.61. The fraction of sp³-hybridized carbons (Fsp3) is 0.417. The van der Waals surface area contributed by atoms with Crippen LogP contribution in [0.4, 0.5) is 0 Å². The van der Waals surface area contributed by atoms with Gasteiger partial charge in [0, 0.05) is 19.6 Å². The van der Waals surface area contributed by atoms with Crippen LogP contribution in [0.2, 0.25) is 0 Å². The first-order valence-corrected chi connectivity index (χ1v) is 5.14. The third-order valence-corrected chi connectivity index (χ3v) is 2.47. The highest BCUT2D eigenvalue weighted by Crippen LogP contribution is 2.06. The molecule has 1 saturated heterocycles. The molecule has 1 heterocycles. The van der Waals surface area contributed by atoms with E-state index in [-0.39, 0.29) is 0 Å². The molecule has 2 nitrogen and oxygen atoms in total. The summed E-state index contributed by atoms with van der Waals surface area (Å²) in [7, 11) is 0. The van der Waals surface area contributed by atoms with Gasteiger partial charge in [-0.1, -0.05) is 30.3 Å². The van der Waals surface area contributed by atoms with E-state index in [1.807, 2.05) is 0 Å². The first-order valence-electron chi connectivity index (χ1n) is 5.14. The summed E-state index contributed by atoms with van der Waals surface area (Å²) in [5.41, 5.74) is 1.37. The maximum absolute atomic E-state index is 5.29. The van der Waals surface area contributed by atoms with Crippen molar-refractivity contribution in [2.24, 2.45) is 0 Å². The predicted octanol–water partition coefficient (Wildman–Crippen LogP) is 1.72. The van der Waals surface area contributed by atoms with Crippen LogP contribution < -0.4 is 0 Å². The van der Waals surface area contributed by atoms with E-state index in [1.165, 1.54) is 5.56 Å². The van der Waals surface area contributed by atoms with E-state index in [4.69, 9.17) is 4.74 Å². The third-order valence-electron chi connectivity index (χ3n) is 2.47. The van der Waals surface area contributed by atoms with Gasteiger partial charge in [0.1, 0.15) is 0 Å². The minimum Gasteiger partial charge on any atom is -0.379 e. The molecule has 0 unspecified atom stereocenters. The number of morpholine rings is 1. The molecule has 1 radical (unpaired) electrons. The van der Waals surface area contributed by atoms with Crippen molar-refractivity contribution in [1.82, 2.24) is 4.90 Å². The summed E-state index contributed by atoms with van der Waals surface area (Å²) in [5, 5.41) is 0. The van der Waals surface area contributed by atoms with Gasteiger partial charge in [0.2, 0.25) is 0 Å². The average molecular weight is 190 g/mol. The molecule has 0 aliphatic carbocycles. The Morgan fingerprint density at radius 1 is 1.14 bits per heavy atom. The van der Waals surface area contributed by atoms with Crippen molar-refractivity contribution in [3.63, 3.8) is 0 Å². The summed E-state index contributed by atoms with van der Waals surface area (Å²) >= 11 is 0. The Bertz CT molecular complexity index is 254. The van der Waals surface area contributed by atoms with Crippen LogP contribution in [0.5, 0.6) is 0 Å². The van der Waals surface area contributed by atoms with Crippen LogP contribution in [0, 0.1) is 6.54 Å². The summed E-state index contributed by atoms with van der Waals surface area (Å²) in [6.45, 7) is 6.08. The second-order valence-corrected chi connectivity index (χ2v) is 3.52. The minimum atomic E-state index is 0.866. The fourth-order valence-electron chi connectivity index (χ4n) is 1.61. The van der Waals surface area contributed by atoms with Crippen LogP contribution in [0.1, 0.15) is 5.56 Å². The lowest BCUT2D eigenvalue weighted by molar-refractivity contribution is 0.0506. The average Bonchev–Trinajstić information content (AvgIpc) is 2.29. The Labute approximate surface area is 85.5 Å². The smallest absolute Gasteiger partial charge is 0.0594 e. The second kappa shape index (κ2) is 5.13. The summed E-state index contributed by atoms with van der Waals surface area (Å²) in [6.07, 6.45) is 1.03. The zero-order chi connectivity index (χ0) is 9.64. The summed E-state index contributed by atoms with van der Waals surface area (Å²) < 4.78 is 5.29. The molecule has 0 saturated carbocycles. The Kier molecular flexibility index (Phi) is 3.55. The maximum Gasteiger partial charge on any atom is 0.0594 e. The van der Waals surface area contributed by atoms with Gasteiger partial charge in [0.25, 0.3) is 0 Å². The van der Waals surface area contributed by atoms with E-state index in [0.29, 0.717) is 0 Å². The van der Waals surface area contributed by atoms with Crippen molar-refractivity contribution in [1.29, 1.82) is 0 Å². The molecule has 1 aromatic rings. The van der Waals surface area contributed by atoms with Gasteiger partial charge < -0.3 is 4.74 Å². The standard InChI is InChI=1S/C12H16NO/c1-2-4-12(5-3-1)6-7-13-8-10-14-11-9-13/h1-5,7H,6,8-11H2. The van der Waals surface area contributed by atoms with Crippen LogP contribution >= 0.6 is 0 Å². The molecule has 0 aromatic heterocycles. The number of rotatable bonds is 3. The summed E-state index contributed by atoms with van der Waals surface area (Å²) in [5.74, 6) is 0. The number of nitrogens with zero attached hydrogens (tertiary/aromatic N) is 1. The van der Waals surface area contributed by atoms with Crippen molar-refractivity contribution in [2.75, 3.05) is 26.3 Å². The minimum absolute atomic E-state index is 0.866. The number of ether oxygens (including phenoxy) is 1. The van der Waals surface area contributed by atoms with E-state index in [0.717, 1.165) is 32.7 Å². The monoisotopic (exact) mass is 190 g/mol. The maximum atomic E-state index is 5.29. The van der Waals surface area contributed by atoms with E-state index in [9.17, 15) is 0 Å². The molecular formula is C12H16NO. The van der Waals surface area contributed by atoms with Gasteiger partial charge in [0.05, 0.1) is 13.2 Å². The second-order valence-electron chi connectivity index (χ2n) is 3.52. The van der Waals surface area contributed by atoms with Gasteiger partial charge in [-0.3, -0.25) is 4.90 Å². The molecule has 75 valence electrons. The van der Waals surface area contributed by atoms with Crippen LogP contribution in [-0.2, 0) is 11.2 Å². The molecule has 1 aliphatic heterocycles. The van der Waals surface area contributed by atoms with E-state index >= 15 is 0 Å². The van der Waals surface area contributed by atoms with Gasteiger partial charge >= 0.3 is 0 Å². The van der Waals surface area contributed by atoms with Crippen molar-refractivity contribution in [3.05, 3.63) is 42.4 Å². The molecule has 1 aromatic carbocycles. The highest BCUT2D eigenvalue weighted by atomic mass is 16.5. The van der Waals surface area contributed by atoms with Crippen LogP contribution in [-0.4, -0.2) is 31.2 Å². The Morgan fingerprint density at radius 3 is 2.57 bits per heavy atom. The lowest BCUT2D eigenvalue weighted by Crippen LogP contribution is -2.34. The Hall–Kier alpha value is -0.860. The summed E-state index contributed by atoms with van der Waals surface area (Å²) in [6, 6.07) is 10.6. The van der Waals surface area contributed by atoms with Gasteiger partial charge in [-0.15, -0.1) is 0 Å². The molecule has 0 spiro atoms. The molecule has 0 bridgehead atoms. The molecule has 1 aliphatic rings. The van der Waals surface area contributed by atoms with Crippen molar-refractivity contribution < 1.29 is 4.74 Å². The molecule has 0 amide bonds. The van der Waals surface area contributed by atoms with Crippen molar-refractivity contribution in [3.8, 4) is 0 Å². The van der Waals surface area contributed by atoms with Gasteiger partial charge in [0.15, 0.2) is 0 Å². The molecule has 0 N–H and O–H groups in total. The molecule has 2 rings (SSSR count). The number of hydrogen-bond acceptors (Lipinski definition) is 2. The van der Waals surface area contributed by atoms with Crippen molar-refractivity contribution in [2.45, 2.75) is 6.42 Å². The Morgan fingerprint density at radius 2 is 1.86 bits per heavy atom. The van der Waals surface area contributed by atoms with Gasteiger partial charge in [-0.05, 0) is 12.0 Å². The van der Waals surface area contributed by atoms with E-state index in [1.54, 1.807) is 0 Å². The number of hydrogen-bond donors (Lipinski definition) is 0. The zero-order valence-electron chi connectivity index (χ0n) is 8.36. The first-order chi connectivity index (χ1) is 6.95. The largest absolute Gasteiger partial charge is 0.379 e. The van der Waals surface area contributed by atoms with E-state index < -0.39 is 0 Å². The molecule has 1 fully saturated rings. The van der Waals surface area contributed by atoms with Gasteiger partial charge in [-0.2, -0.15) is 0 Å². The quantitative estimate of drug-likeness (QED) is 0.719. The van der Waals surface area contributed by atoms with E-state index in [2.05, 4.69) is 41.8 Å². The van der Waals surface area contributed by atoms with Crippen molar-refractivity contribution >= 4 is 0 Å². The third kappa shape index (κ3) is 2.82. The lowest BCUT2D eigenvalue weighted by Gasteiger charge is -2.25. The lowest BCUT2D eigenvalue weighted by atomic mass is 10.1. The van der Waals surface area contributed by atoms with Gasteiger partial charge in [-0.25, -0.2) is 0 Å². The highest BCUT2D eigenvalue weighted by Gasteiger charge is 2.09. The Balaban J connectivity index is 1.76. The molecule has 2 heteroatoms.